The van der Waals surface area contributed by atoms with Crippen LogP contribution in [0.1, 0.15) is 15.9 Å². The summed E-state index contributed by atoms with van der Waals surface area (Å²) in [6.07, 6.45) is -7.29. The molecule has 122 valence electrons. The summed E-state index contributed by atoms with van der Waals surface area (Å²) in [5, 5.41) is 0. The van der Waals surface area contributed by atoms with E-state index < -0.39 is 18.1 Å². The Hall–Kier alpha value is -2.34. The minimum Gasteiger partial charge on any atom is -0.497 e. The zero-order valence-corrected chi connectivity index (χ0v) is 12.3. The first kappa shape index (κ1) is 17.0. The zero-order valence-electron chi connectivity index (χ0n) is 12.3. The van der Waals surface area contributed by atoms with Crippen LogP contribution < -0.4 is 4.74 Å². The lowest BCUT2D eigenvalue weighted by atomic mass is 10.1. The van der Waals surface area contributed by atoms with E-state index in [1.54, 1.807) is 30.3 Å². The first-order valence-electron chi connectivity index (χ1n) is 6.82. The third-order valence-electron chi connectivity index (χ3n) is 3.17. The maximum atomic E-state index is 13.1. The van der Waals surface area contributed by atoms with E-state index in [-0.39, 0.29) is 12.2 Å². The van der Waals surface area contributed by atoms with Gasteiger partial charge in [-0.2, -0.15) is 13.2 Å². The van der Waals surface area contributed by atoms with Gasteiger partial charge in [0.1, 0.15) is 5.75 Å². The highest BCUT2D eigenvalue weighted by Gasteiger charge is 2.46. The van der Waals surface area contributed by atoms with Gasteiger partial charge in [0.25, 0.3) is 0 Å². The standard InChI is InChI=1S/C17H15F3O3/c1-22-14-9-7-13(8-10-14)15(21)16(17(18,19)20)23-11-12-5-3-2-4-6-12/h2-10,16H,11H2,1H3/t16-/m1/s1. The van der Waals surface area contributed by atoms with E-state index in [4.69, 9.17) is 9.47 Å². The molecule has 0 saturated carbocycles. The van der Waals surface area contributed by atoms with Crippen LogP contribution in [-0.4, -0.2) is 25.2 Å². The first-order valence-corrected chi connectivity index (χ1v) is 6.82. The third-order valence-corrected chi connectivity index (χ3v) is 3.17. The van der Waals surface area contributed by atoms with Crippen LogP contribution in [0.3, 0.4) is 0 Å². The summed E-state index contributed by atoms with van der Waals surface area (Å²) < 4.78 is 49.2. The maximum Gasteiger partial charge on any atom is 0.422 e. The molecule has 0 aliphatic heterocycles. The monoisotopic (exact) mass is 324 g/mol. The van der Waals surface area contributed by atoms with Crippen molar-refractivity contribution in [3.05, 3.63) is 65.7 Å². The van der Waals surface area contributed by atoms with Crippen LogP contribution in [-0.2, 0) is 11.3 Å². The fourth-order valence-corrected chi connectivity index (χ4v) is 1.98. The number of ether oxygens (including phenoxy) is 2. The van der Waals surface area contributed by atoms with Gasteiger partial charge in [0.2, 0.25) is 11.9 Å². The summed E-state index contributed by atoms with van der Waals surface area (Å²) in [6, 6.07) is 13.8. The van der Waals surface area contributed by atoms with Gasteiger partial charge in [0.05, 0.1) is 13.7 Å². The van der Waals surface area contributed by atoms with Gasteiger partial charge >= 0.3 is 6.18 Å². The van der Waals surface area contributed by atoms with Crippen molar-refractivity contribution in [3.63, 3.8) is 0 Å². The lowest BCUT2D eigenvalue weighted by molar-refractivity contribution is -0.205. The number of alkyl halides is 3. The van der Waals surface area contributed by atoms with Crippen molar-refractivity contribution in [2.24, 2.45) is 0 Å². The summed E-state index contributed by atoms with van der Waals surface area (Å²) in [7, 11) is 1.43. The SMILES string of the molecule is COc1ccc(C(=O)[C@@H](OCc2ccccc2)C(F)(F)F)cc1. The van der Waals surface area contributed by atoms with Gasteiger partial charge in [0, 0.05) is 5.56 Å². The van der Waals surface area contributed by atoms with Gasteiger partial charge in [-0.05, 0) is 29.8 Å². The average Bonchev–Trinajstić information content (AvgIpc) is 2.54. The molecule has 1 atom stereocenters. The molecule has 0 heterocycles. The molecule has 6 heteroatoms. The van der Waals surface area contributed by atoms with E-state index >= 15 is 0 Å². The molecular formula is C17H15F3O3. The molecule has 0 aromatic heterocycles. The minimum absolute atomic E-state index is 0.0822. The lowest BCUT2D eigenvalue weighted by Crippen LogP contribution is -2.39. The van der Waals surface area contributed by atoms with Gasteiger partial charge in [-0.15, -0.1) is 0 Å². The second kappa shape index (κ2) is 7.28. The molecule has 0 unspecified atom stereocenters. The minimum atomic E-state index is -4.79. The van der Waals surface area contributed by atoms with Crippen molar-refractivity contribution in [2.45, 2.75) is 18.9 Å². The van der Waals surface area contributed by atoms with Crippen molar-refractivity contribution < 1.29 is 27.4 Å². The predicted octanol–water partition coefficient (Wildman–Crippen LogP) is 4.03. The Labute approximate surface area is 131 Å². The second-order valence-corrected chi connectivity index (χ2v) is 4.81. The van der Waals surface area contributed by atoms with Crippen LogP contribution in [0.5, 0.6) is 5.75 Å². The Balaban J connectivity index is 2.15. The van der Waals surface area contributed by atoms with Crippen LogP contribution in [0.15, 0.2) is 54.6 Å². The fourth-order valence-electron chi connectivity index (χ4n) is 1.98. The molecule has 0 aliphatic carbocycles. The summed E-state index contributed by atoms with van der Waals surface area (Å²) >= 11 is 0. The van der Waals surface area contributed by atoms with Crippen LogP contribution >= 0.6 is 0 Å². The highest BCUT2D eigenvalue weighted by atomic mass is 19.4. The molecule has 0 saturated heterocycles. The van der Waals surface area contributed by atoms with Crippen molar-refractivity contribution in [2.75, 3.05) is 7.11 Å². The van der Waals surface area contributed by atoms with Gasteiger partial charge in [-0.25, -0.2) is 0 Å². The van der Waals surface area contributed by atoms with Crippen LogP contribution in [0, 0.1) is 0 Å². The van der Waals surface area contributed by atoms with Crippen LogP contribution in [0.2, 0.25) is 0 Å². The molecule has 2 aromatic carbocycles. The molecular weight excluding hydrogens is 309 g/mol. The highest BCUT2D eigenvalue weighted by Crippen LogP contribution is 2.27. The quantitative estimate of drug-likeness (QED) is 0.753. The van der Waals surface area contributed by atoms with E-state index in [0.29, 0.717) is 11.3 Å². The molecule has 0 fully saturated rings. The summed E-state index contributed by atoms with van der Waals surface area (Å²) in [6.45, 7) is -0.299. The normalized spacial score (nSPS) is 12.7. The number of hydrogen-bond donors (Lipinski definition) is 0. The number of ketones is 1. The Kier molecular flexibility index (Phi) is 5.39. The first-order chi connectivity index (χ1) is 10.9. The molecule has 0 aliphatic rings. The molecule has 23 heavy (non-hydrogen) atoms. The highest BCUT2D eigenvalue weighted by molar-refractivity contribution is 6.00. The Morgan fingerprint density at radius 3 is 2.17 bits per heavy atom. The molecule has 0 N–H and O–H groups in total. The maximum absolute atomic E-state index is 13.1. The van der Waals surface area contributed by atoms with Gasteiger partial charge in [0.15, 0.2) is 0 Å². The van der Waals surface area contributed by atoms with Crippen molar-refractivity contribution in [1.29, 1.82) is 0 Å². The van der Waals surface area contributed by atoms with Crippen molar-refractivity contribution >= 4 is 5.78 Å². The lowest BCUT2D eigenvalue weighted by Gasteiger charge is -2.20. The van der Waals surface area contributed by atoms with Gasteiger partial charge in [-0.1, -0.05) is 30.3 Å². The van der Waals surface area contributed by atoms with Crippen LogP contribution in [0.4, 0.5) is 13.2 Å². The van der Waals surface area contributed by atoms with Crippen molar-refractivity contribution in [1.82, 2.24) is 0 Å². The number of benzene rings is 2. The molecule has 3 nitrogen and oxygen atoms in total. The summed E-state index contributed by atoms with van der Waals surface area (Å²) in [5.74, 6) is -0.675. The number of methoxy groups -OCH3 is 1. The smallest absolute Gasteiger partial charge is 0.422 e. The molecule has 0 amide bonds. The number of carbonyl (C=O) groups excluding carboxylic acids is 1. The molecule has 0 bridgehead atoms. The van der Waals surface area contributed by atoms with E-state index in [9.17, 15) is 18.0 Å². The summed E-state index contributed by atoms with van der Waals surface area (Å²) in [4.78, 5) is 12.1. The van der Waals surface area contributed by atoms with E-state index in [0.717, 1.165) is 0 Å². The number of hydrogen-bond acceptors (Lipinski definition) is 3. The Morgan fingerprint density at radius 2 is 1.65 bits per heavy atom. The summed E-state index contributed by atoms with van der Waals surface area (Å²) in [5.41, 5.74) is 0.477. The predicted molar refractivity (Wildman–Crippen MR) is 78.4 cm³/mol. The van der Waals surface area contributed by atoms with E-state index in [2.05, 4.69) is 0 Å². The van der Waals surface area contributed by atoms with E-state index in [1.807, 2.05) is 0 Å². The molecule has 0 radical (unpaired) electrons. The molecule has 2 aromatic rings. The second-order valence-electron chi connectivity index (χ2n) is 4.81. The molecule has 0 spiro atoms. The molecule has 2 rings (SSSR count). The van der Waals surface area contributed by atoms with Crippen molar-refractivity contribution in [3.8, 4) is 5.75 Å². The van der Waals surface area contributed by atoms with Crippen LogP contribution in [0.25, 0.3) is 0 Å². The van der Waals surface area contributed by atoms with E-state index in [1.165, 1.54) is 31.4 Å². The topological polar surface area (TPSA) is 35.5 Å². The van der Waals surface area contributed by atoms with Gasteiger partial charge in [-0.3, -0.25) is 4.79 Å². The Bertz CT molecular complexity index is 636. The fraction of sp³-hybridized carbons (Fsp3) is 0.235. The third kappa shape index (κ3) is 4.56. The number of carbonyl (C=O) groups is 1. The largest absolute Gasteiger partial charge is 0.497 e. The number of halogens is 3. The van der Waals surface area contributed by atoms with Gasteiger partial charge < -0.3 is 9.47 Å². The zero-order chi connectivity index (χ0) is 16.9. The average molecular weight is 324 g/mol. The number of Topliss-reactive ketones (excluding diaryl/α,β-unsaturated/α-hetero) is 1. The number of rotatable bonds is 6. The Morgan fingerprint density at radius 1 is 1.04 bits per heavy atom.